The zero-order valence-corrected chi connectivity index (χ0v) is 14.4. The highest BCUT2D eigenvalue weighted by atomic mass is 14.6. The summed E-state index contributed by atoms with van der Waals surface area (Å²) < 4.78 is 0. The maximum atomic E-state index is 2.53. The summed E-state index contributed by atoms with van der Waals surface area (Å²) >= 11 is 0. The highest BCUT2D eigenvalue weighted by Crippen LogP contribution is 2.59. The van der Waals surface area contributed by atoms with Crippen LogP contribution in [0.25, 0.3) is 0 Å². The van der Waals surface area contributed by atoms with E-state index in [0.717, 1.165) is 47.3 Å². The van der Waals surface area contributed by atoms with Crippen LogP contribution in [0.2, 0.25) is 0 Å². The van der Waals surface area contributed by atoms with Gasteiger partial charge < -0.3 is 0 Å². The third-order valence-corrected chi connectivity index (χ3v) is 8.27. The molecule has 4 aliphatic rings. The van der Waals surface area contributed by atoms with Gasteiger partial charge in [-0.1, -0.05) is 46.0 Å². The highest BCUT2D eigenvalue weighted by Gasteiger charge is 2.51. The predicted octanol–water partition coefficient (Wildman–Crippen LogP) is 6.30. The summed E-state index contributed by atoms with van der Waals surface area (Å²) in [7, 11) is 0. The van der Waals surface area contributed by atoms with E-state index in [4.69, 9.17) is 0 Å². The van der Waals surface area contributed by atoms with Gasteiger partial charge in [0.2, 0.25) is 0 Å². The lowest BCUT2D eigenvalue weighted by Crippen LogP contribution is -2.50. The lowest BCUT2D eigenvalue weighted by molar-refractivity contribution is -0.0831. The van der Waals surface area contributed by atoms with Gasteiger partial charge in [-0.05, 0) is 85.9 Å². The Labute approximate surface area is 132 Å². The molecule has 4 rings (SSSR count). The molecule has 4 fully saturated rings. The lowest BCUT2D eigenvalue weighted by Gasteiger charge is -2.57. The average molecular weight is 289 g/mol. The first kappa shape index (κ1) is 14.6. The Balaban J connectivity index is 1.63. The molecule has 4 saturated carbocycles. The van der Waals surface area contributed by atoms with E-state index in [1.54, 1.807) is 64.2 Å². The van der Waals surface area contributed by atoms with Gasteiger partial charge in [-0.25, -0.2) is 0 Å². The SMILES string of the molecule is CC(C)C1CCCC2CCC3CCC4CCCCC4C3C21. The first-order chi connectivity index (χ1) is 10.3. The fourth-order valence-corrected chi connectivity index (χ4v) is 7.50. The summed E-state index contributed by atoms with van der Waals surface area (Å²) in [6.07, 6.45) is 17.3. The molecule has 7 atom stereocenters. The number of rotatable bonds is 1. The second-order valence-corrected chi connectivity index (χ2v) is 9.38. The van der Waals surface area contributed by atoms with Gasteiger partial charge in [0, 0.05) is 0 Å². The summed E-state index contributed by atoms with van der Waals surface area (Å²) in [5.74, 6) is 8.80. The van der Waals surface area contributed by atoms with Crippen LogP contribution < -0.4 is 0 Å². The minimum Gasteiger partial charge on any atom is -0.0625 e. The molecule has 0 aromatic heterocycles. The number of hydrogen-bond acceptors (Lipinski definition) is 0. The van der Waals surface area contributed by atoms with E-state index in [9.17, 15) is 0 Å². The molecule has 0 heterocycles. The smallest absolute Gasteiger partial charge is 0.0321 e. The first-order valence-electron chi connectivity index (χ1n) is 10.3. The van der Waals surface area contributed by atoms with Gasteiger partial charge in [0.15, 0.2) is 0 Å². The van der Waals surface area contributed by atoms with Crippen molar-refractivity contribution in [1.82, 2.24) is 0 Å². The third-order valence-electron chi connectivity index (χ3n) is 8.27. The Morgan fingerprint density at radius 3 is 1.95 bits per heavy atom. The van der Waals surface area contributed by atoms with E-state index >= 15 is 0 Å². The van der Waals surface area contributed by atoms with Gasteiger partial charge in [-0.15, -0.1) is 0 Å². The second-order valence-electron chi connectivity index (χ2n) is 9.38. The predicted molar refractivity (Wildman–Crippen MR) is 90.1 cm³/mol. The van der Waals surface area contributed by atoms with Gasteiger partial charge in [0.25, 0.3) is 0 Å². The van der Waals surface area contributed by atoms with E-state index in [1.165, 1.54) is 6.42 Å². The van der Waals surface area contributed by atoms with E-state index in [1.807, 2.05) is 0 Å². The van der Waals surface area contributed by atoms with E-state index in [2.05, 4.69) is 13.8 Å². The Morgan fingerprint density at radius 2 is 1.19 bits per heavy atom. The van der Waals surface area contributed by atoms with Crippen molar-refractivity contribution in [3.8, 4) is 0 Å². The normalized spacial score (nSPS) is 50.1. The molecular formula is C21H36. The molecule has 0 radical (unpaired) electrons. The zero-order chi connectivity index (χ0) is 14.4. The molecule has 0 bridgehead atoms. The van der Waals surface area contributed by atoms with E-state index < -0.39 is 0 Å². The highest BCUT2D eigenvalue weighted by molar-refractivity contribution is 5.00. The topological polar surface area (TPSA) is 0 Å². The minimum absolute atomic E-state index is 0.931. The van der Waals surface area contributed by atoms with Crippen LogP contribution in [0.5, 0.6) is 0 Å². The summed E-state index contributed by atoms with van der Waals surface area (Å²) in [4.78, 5) is 0. The van der Waals surface area contributed by atoms with Crippen LogP contribution in [0.15, 0.2) is 0 Å². The standard InChI is InChI=1S/C21H36/c1-14(2)18-9-5-7-16-12-13-17-11-10-15-6-3-4-8-19(15)21(17)20(16)18/h14-21H,3-13H2,1-2H3. The van der Waals surface area contributed by atoms with Crippen molar-refractivity contribution in [1.29, 1.82) is 0 Å². The third kappa shape index (κ3) is 2.49. The molecule has 0 spiro atoms. The van der Waals surface area contributed by atoms with Crippen LogP contribution in [0, 0.1) is 47.3 Å². The molecule has 0 aromatic carbocycles. The van der Waals surface area contributed by atoms with Crippen LogP contribution in [0.3, 0.4) is 0 Å². The van der Waals surface area contributed by atoms with Gasteiger partial charge in [0.1, 0.15) is 0 Å². The summed E-state index contributed by atoms with van der Waals surface area (Å²) in [6, 6.07) is 0. The molecule has 0 saturated heterocycles. The first-order valence-corrected chi connectivity index (χ1v) is 10.3. The number of hydrogen-bond donors (Lipinski definition) is 0. The van der Waals surface area contributed by atoms with Gasteiger partial charge in [-0.3, -0.25) is 0 Å². The summed E-state index contributed by atoms with van der Waals surface area (Å²) in [5, 5.41) is 0. The van der Waals surface area contributed by atoms with Crippen molar-refractivity contribution in [2.75, 3.05) is 0 Å². The summed E-state index contributed by atoms with van der Waals surface area (Å²) in [5.41, 5.74) is 0. The fraction of sp³-hybridized carbons (Fsp3) is 1.00. The maximum absolute atomic E-state index is 2.53. The minimum atomic E-state index is 0.931. The van der Waals surface area contributed by atoms with Gasteiger partial charge in [0.05, 0.1) is 0 Å². The van der Waals surface area contributed by atoms with Crippen LogP contribution >= 0.6 is 0 Å². The quantitative estimate of drug-likeness (QED) is 0.531. The zero-order valence-electron chi connectivity index (χ0n) is 14.4. The van der Waals surface area contributed by atoms with E-state index in [0.29, 0.717) is 0 Å². The molecule has 0 nitrogen and oxygen atoms in total. The Hall–Kier alpha value is 0. The molecule has 0 heteroatoms. The van der Waals surface area contributed by atoms with Crippen molar-refractivity contribution in [2.24, 2.45) is 47.3 Å². The largest absolute Gasteiger partial charge is 0.0625 e. The summed E-state index contributed by atoms with van der Waals surface area (Å²) in [6.45, 7) is 5.05. The lowest BCUT2D eigenvalue weighted by atomic mass is 9.48. The average Bonchev–Trinajstić information content (AvgIpc) is 2.53. The van der Waals surface area contributed by atoms with Crippen molar-refractivity contribution in [3.63, 3.8) is 0 Å². The van der Waals surface area contributed by atoms with Crippen molar-refractivity contribution >= 4 is 0 Å². The molecule has 120 valence electrons. The molecule has 0 aromatic rings. The molecule has 0 aliphatic heterocycles. The van der Waals surface area contributed by atoms with Crippen LogP contribution in [-0.4, -0.2) is 0 Å². The van der Waals surface area contributed by atoms with Gasteiger partial charge >= 0.3 is 0 Å². The van der Waals surface area contributed by atoms with Crippen molar-refractivity contribution in [2.45, 2.75) is 84.5 Å². The monoisotopic (exact) mass is 288 g/mol. The second kappa shape index (κ2) is 5.89. The molecule has 0 N–H and O–H groups in total. The van der Waals surface area contributed by atoms with Crippen LogP contribution in [-0.2, 0) is 0 Å². The maximum Gasteiger partial charge on any atom is -0.0321 e. The van der Waals surface area contributed by atoms with Gasteiger partial charge in [-0.2, -0.15) is 0 Å². The van der Waals surface area contributed by atoms with E-state index in [-0.39, 0.29) is 0 Å². The molecule has 7 unspecified atom stereocenters. The molecule has 4 aliphatic carbocycles. The molecular weight excluding hydrogens is 252 g/mol. The molecule has 21 heavy (non-hydrogen) atoms. The Kier molecular flexibility index (Phi) is 4.09. The van der Waals surface area contributed by atoms with Crippen molar-refractivity contribution in [3.05, 3.63) is 0 Å². The Bertz CT molecular complexity index is 355. The number of fused-ring (bicyclic) bond motifs is 5. The van der Waals surface area contributed by atoms with Crippen molar-refractivity contribution < 1.29 is 0 Å². The molecule has 0 amide bonds. The fourth-order valence-electron chi connectivity index (χ4n) is 7.50. The Morgan fingerprint density at radius 1 is 0.571 bits per heavy atom. The van der Waals surface area contributed by atoms with Crippen LogP contribution in [0.1, 0.15) is 84.5 Å². The van der Waals surface area contributed by atoms with Crippen LogP contribution in [0.4, 0.5) is 0 Å².